The van der Waals surface area contributed by atoms with E-state index in [-0.39, 0.29) is 16.3 Å². The molecule has 0 saturated carbocycles. The van der Waals surface area contributed by atoms with Crippen LogP contribution in [0.4, 0.5) is 0 Å². The highest BCUT2D eigenvalue weighted by Crippen LogP contribution is 2.28. The lowest BCUT2D eigenvalue weighted by Gasteiger charge is -2.19. The second kappa shape index (κ2) is 8.40. The minimum Gasteiger partial charge on any atom is -0.264 e. The monoisotopic (exact) mass is 436 g/mol. The zero-order valence-electron chi connectivity index (χ0n) is 14.6. The van der Waals surface area contributed by atoms with Crippen LogP contribution in [-0.4, -0.2) is 28.4 Å². The molecule has 0 saturated heterocycles. The summed E-state index contributed by atoms with van der Waals surface area (Å²) in [5, 5.41) is -0.732. The lowest BCUT2D eigenvalue weighted by molar-refractivity contribution is 0.568. The zero-order valence-corrected chi connectivity index (χ0v) is 17.0. The van der Waals surface area contributed by atoms with Crippen LogP contribution in [0.2, 0.25) is 5.02 Å². The van der Waals surface area contributed by atoms with Crippen LogP contribution in [0.15, 0.2) is 88.9 Å². The Morgan fingerprint density at radius 2 is 1.54 bits per heavy atom. The van der Waals surface area contributed by atoms with E-state index in [4.69, 9.17) is 11.6 Å². The van der Waals surface area contributed by atoms with Crippen LogP contribution in [0.3, 0.4) is 0 Å². The summed E-state index contributed by atoms with van der Waals surface area (Å²) in [4.78, 5) is 4.07. The average Bonchev–Trinajstić information content (AvgIpc) is 2.70. The molecule has 0 aliphatic carbocycles. The molecule has 3 rings (SSSR count). The molecule has 0 aliphatic rings. The van der Waals surface area contributed by atoms with Gasteiger partial charge in [-0.1, -0.05) is 35.9 Å². The molecule has 0 radical (unpaired) electrons. The van der Waals surface area contributed by atoms with E-state index in [0.717, 1.165) is 0 Å². The number of hydrogen-bond donors (Lipinski definition) is 1. The Morgan fingerprint density at radius 1 is 0.857 bits per heavy atom. The van der Waals surface area contributed by atoms with Crippen LogP contribution < -0.4 is 4.72 Å². The predicted molar refractivity (Wildman–Crippen MR) is 107 cm³/mol. The quantitative estimate of drug-likeness (QED) is 0.613. The van der Waals surface area contributed by atoms with Crippen LogP contribution in [0.1, 0.15) is 10.8 Å². The molecule has 0 fully saturated rings. The smallest absolute Gasteiger partial charge is 0.240 e. The molecule has 28 heavy (non-hydrogen) atoms. The molecule has 1 unspecified atom stereocenters. The van der Waals surface area contributed by atoms with Crippen molar-refractivity contribution in [3.05, 3.63) is 89.7 Å². The van der Waals surface area contributed by atoms with Gasteiger partial charge in [0.05, 0.1) is 9.79 Å². The molecule has 0 aliphatic heterocycles. The largest absolute Gasteiger partial charge is 0.264 e. The minimum atomic E-state index is -3.92. The SMILES string of the molecule is O=S(=O)(NCC(c1cccnc1)S(=O)(=O)c1ccccc1)c1ccc(Cl)cc1. The van der Waals surface area contributed by atoms with Crippen LogP contribution >= 0.6 is 11.6 Å². The first-order valence-corrected chi connectivity index (χ1v) is 11.7. The van der Waals surface area contributed by atoms with Gasteiger partial charge < -0.3 is 0 Å². The van der Waals surface area contributed by atoms with E-state index >= 15 is 0 Å². The van der Waals surface area contributed by atoms with E-state index in [1.54, 1.807) is 30.3 Å². The summed E-state index contributed by atoms with van der Waals surface area (Å²) >= 11 is 5.80. The Labute approximate surface area is 169 Å². The Balaban J connectivity index is 1.94. The average molecular weight is 437 g/mol. The number of sulfone groups is 1. The molecule has 9 heteroatoms. The van der Waals surface area contributed by atoms with Crippen molar-refractivity contribution in [3.63, 3.8) is 0 Å². The third-order valence-corrected chi connectivity index (χ3v) is 7.89. The van der Waals surface area contributed by atoms with E-state index in [1.165, 1.54) is 48.8 Å². The van der Waals surface area contributed by atoms with Gasteiger partial charge in [0.2, 0.25) is 10.0 Å². The summed E-state index contributed by atoms with van der Waals surface area (Å²) in [6, 6.07) is 16.7. The first-order chi connectivity index (χ1) is 13.3. The number of pyridine rings is 1. The van der Waals surface area contributed by atoms with E-state index in [9.17, 15) is 16.8 Å². The predicted octanol–water partition coefficient (Wildman–Crippen LogP) is 3.23. The molecule has 0 spiro atoms. The lowest BCUT2D eigenvalue weighted by atomic mass is 10.2. The van der Waals surface area contributed by atoms with Gasteiger partial charge in [-0.3, -0.25) is 4.98 Å². The number of halogens is 1. The van der Waals surface area contributed by atoms with Gasteiger partial charge in [-0.25, -0.2) is 21.6 Å². The fraction of sp³-hybridized carbons (Fsp3) is 0.105. The summed E-state index contributed by atoms with van der Waals surface area (Å²) in [6.07, 6.45) is 2.94. The molecular weight excluding hydrogens is 420 g/mol. The third-order valence-electron chi connectivity index (χ3n) is 4.09. The minimum absolute atomic E-state index is 0.000976. The number of aromatic nitrogens is 1. The van der Waals surface area contributed by atoms with Gasteiger partial charge in [0.25, 0.3) is 0 Å². The molecule has 0 amide bonds. The summed E-state index contributed by atoms with van der Waals surface area (Å²) in [7, 11) is -7.77. The fourth-order valence-corrected chi connectivity index (χ4v) is 5.57. The number of benzene rings is 2. The van der Waals surface area contributed by atoms with Crippen molar-refractivity contribution < 1.29 is 16.8 Å². The lowest BCUT2D eigenvalue weighted by Crippen LogP contribution is -2.32. The van der Waals surface area contributed by atoms with Crippen molar-refractivity contribution in [3.8, 4) is 0 Å². The Kier molecular flexibility index (Phi) is 6.14. The maximum atomic E-state index is 13.2. The first kappa shape index (κ1) is 20.5. The van der Waals surface area contributed by atoms with Crippen LogP contribution in [-0.2, 0) is 19.9 Å². The van der Waals surface area contributed by atoms with Crippen molar-refractivity contribution in [1.82, 2.24) is 9.71 Å². The topological polar surface area (TPSA) is 93.2 Å². The number of sulfonamides is 1. The van der Waals surface area contributed by atoms with Crippen LogP contribution in [0.25, 0.3) is 0 Å². The maximum Gasteiger partial charge on any atom is 0.240 e. The highest BCUT2D eigenvalue weighted by molar-refractivity contribution is 7.92. The number of nitrogens with zero attached hydrogens (tertiary/aromatic N) is 1. The van der Waals surface area contributed by atoms with E-state index < -0.39 is 25.1 Å². The first-order valence-electron chi connectivity index (χ1n) is 8.25. The Bertz CT molecular complexity index is 1140. The van der Waals surface area contributed by atoms with E-state index in [2.05, 4.69) is 9.71 Å². The van der Waals surface area contributed by atoms with Crippen molar-refractivity contribution in [2.24, 2.45) is 0 Å². The molecule has 1 heterocycles. The van der Waals surface area contributed by atoms with E-state index in [0.29, 0.717) is 10.6 Å². The van der Waals surface area contributed by atoms with E-state index in [1.807, 2.05) is 0 Å². The zero-order chi connectivity index (χ0) is 20.2. The third kappa shape index (κ3) is 4.59. The molecule has 6 nitrogen and oxygen atoms in total. The molecule has 2 aromatic carbocycles. The molecule has 3 aromatic rings. The van der Waals surface area contributed by atoms with Crippen LogP contribution in [0, 0.1) is 0 Å². The van der Waals surface area contributed by atoms with Gasteiger partial charge in [0, 0.05) is 24.0 Å². The normalized spacial score (nSPS) is 13.2. The fourth-order valence-electron chi connectivity index (χ4n) is 2.63. The summed E-state index contributed by atoms with van der Waals surface area (Å²) in [5.74, 6) is 0. The highest BCUT2D eigenvalue weighted by atomic mass is 35.5. The number of rotatable bonds is 7. The van der Waals surface area contributed by atoms with Gasteiger partial charge in [-0.2, -0.15) is 0 Å². The molecule has 1 N–H and O–H groups in total. The van der Waals surface area contributed by atoms with Crippen molar-refractivity contribution in [2.45, 2.75) is 15.0 Å². The van der Waals surface area contributed by atoms with Crippen molar-refractivity contribution >= 4 is 31.5 Å². The molecule has 146 valence electrons. The second-order valence-corrected chi connectivity index (χ2v) is 10.3. The summed E-state index contributed by atoms with van der Waals surface area (Å²) < 4.78 is 53.8. The Morgan fingerprint density at radius 3 is 2.14 bits per heavy atom. The number of hydrogen-bond acceptors (Lipinski definition) is 5. The van der Waals surface area contributed by atoms with Crippen molar-refractivity contribution in [1.29, 1.82) is 0 Å². The molecule has 0 bridgehead atoms. The number of nitrogens with one attached hydrogen (secondary N) is 1. The van der Waals surface area contributed by atoms with Gasteiger partial charge in [0.15, 0.2) is 9.84 Å². The van der Waals surface area contributed by atoms with Gasteiger partial charge in [0.1, 0.15) is 5.25 Å². The van der Waals surface area contributed by atoms with Crippen molar-refractivity contribution in [2.75, 3.05) is 6.54 Å². The Hall–Kier alpha value is -2.26. The standard InChI is InChI=1S/C19H17ClN2O4S2/c20-16-8-10-18(11-9-16)28(25,26)22-14-19(15-5-4-12-21-13-15)27(23,24)17-6-2-1-3-7-17/h1-13,19,22H,14H2. The second-order valence-electron chi connectivity index (χ2n) is 5.94. The highest BCUT2D eigenvalue weighted by Gasteiger charge is 2.31. The maximum absolute atomic E-state index is 13.2. The van der Waals surface area contributed by atoms with Crippen LogP contribution in [0.5, 0.6) is 0 Å². The molecular formula is C19H17ClN2O4S2. The van der Waals surface area contributed by atoms with Gasteiger partial charge in [-0.15, -0.1) is 0 Å². The molecule has 1 aromatic heterocycles. The summed E-state index contributed by atoms with van der Waals surface area (Å²) in [6.45, 7) is -0.339. The molecule has 1 atom stereocenters. The van der Waals surface area contributed by atoms with Gasteiger partial charge in [-0.05, 0) is 48.0 Å². The summed E-state index contributed by atoms with van der Waals surface area (Å²) in [5.41, 5.74) is 0.394. The van der Waals surface area contributed by atoms with Gasteiger partial charge >= 0.3 is 0 Å².